The number of aromatic nitrogens is 2. The number of carbonyl (C=O) groups is 3. The third kappa shape index (κ3) is 4.72. The molecule has 0 amide bonds. The summed E-state index contributed by atoms with van der Waals surface area (Å²) in [6.45, 7) is 3.50. The molecule has 12 heteroatoms. The van der Waals surface area contributed by atoms with Crippen LogP contribution in [0.3, 0.4) is 0 Å². The number of benzene rings is 1. The Bertz CT molecular complexity index is 1010. The largest absolute Gasteiger partial charge is 0.456 e. The first kappa shape index (κ1) is 22.8. The predicted octanol–water partition coefficient (Wildman–Crippen LogP) is 3.43. The van der Waals surface area contributed by atoms with E-state index in [-0.39, 0.29) is 11.6 Å². The second-order valence-corrected chi connectivity index (χ2v) is 8.05. The number of halogens is 3. The van der Waals surface area contributed by atoms with E-state index >= 15 is 0 Å². The lowest BCUT2D eigenvalue weighted by Crippen LogP contribution is -2.55. The van der Waals surface area contributed by atoms with Gasteiger partial charge in [0.05, 0.1) is 27.7 Å². The van der Waals surface area contributed by atoms with Crippen molar-refractivity contribution in [1.82, 2.24) is 9.55 Å². The fourth-order valence-corrected chi connectivity index (χ4v) is 4.15. The fraction of sp³-hybridized carbons (Fsp3) is 0.444. The van der Waals surface area contributed by atoms with Crippen LogP contribution in [0.2, 0.25) is 10.0 Å². The number of esters is 3. The molecule has 1 aromatic heterocycles. The minimum atomic E-state index is -1.15. The molecule has 2 heterocycles. The Labute approximate surface area is 189 Å². The van der Waals surface area contributed by atoms with Gasteiger partial charge in [-0.3, -0.25) is 19.0 Å². The van der Waals surface area contributed by atoms with E-state index in [4.69, 9.17) is 42.1 Å². The number of hydrogen-bond donors (Lipinski definition) is 0. The molecule has 0 unspecified atom stereocenters. The van der Waals surface area contributed by atoms with Crippen molar-refractivity contribution in [2.75, 3.05) is 6.61 Å². The van der Waals surface area contributed by atoms with E-state index in [0.717, 1.165) is 0 Å². The first-order chi connectivity index (χ1) is 14.1. The lowest BCUT2D eigenvalue weighted by atomic mass is 10.0. The third-order valence-corrected chi connectivity index (χ3v) is 5.55. The summed E-state index contributed by atoms with van der Waals surface area (Å²) in [6.07, 6.45) is -4.20. The molecule has 162 valence electrons. The standard InChI is InChI=1S/C18H17BrCl2N2O7/c1-7(24)28-14-6-27-17(16(30-9(3)26)15(14)29-8(2)25)23-13-5-11(21)10(20)4-12(13)22-18(23)19/h4-5,14-17H,6H2,1-3H3/t14-,15+,16-,17-/m1/s1. The van der Waals surface area contributed by atoms with Crippen molar-refractivity contribution in [2.45, 2.75) is 45.3 Å². The molecule has 0 spiro atoms. The summed E-state index contributed by atoms with van der Waals surface area (Å²) >= 11 is 15.6. The average Bonchev–Trinajstić information content (AvgIpc) is 2.92. The zero-order valence-electron chi connectivity index (χ0n) is 16.1. The second kappa shape index (κ2) is 9.09. The van der Waals surface area contributed by atoms with Gasteiger partial charge >= 0.3 is 17.9 Å². The van der Waals surface area contributed by atoms with Crippen molar-refractivity contribution in [2.24, 2.45) is 0 Å². The van der Waals surface area contributed by atoms with Gasteiger partial charge in [0, 0.05) is 20.8 Å². The van der Waals surface area contributed by atoms with Gasteiger partial charge in [-0.15, -0.1) is 0 Å². The van der Waals surface area contributed by atoms with Crippen molar-refractivity contribution in [3.05, 3.63) is 26.9 Å². The van der Waals surface area contributed by atoms with Crippen molar-refractivity contribution in [1.29, 1.82) is 0 Å². The molecule has 0 bridgehead atoms. The summed E-state index contributed by atoms with van der Waals surface area (Å²) in [5.41, 5.74) is 1.04. The van der Waals surface area contributed by atoms with Crippen LogP contribution in [0.25, 0.3) is 11.0 Å². The molecule has 9 nitrogen and oxygen atoms in total. The maximum absolute atomic E-state index is 11.8. The maximum Gasteiger partial charge on any atom is 0.303 e. The minimum absolute atomic E-state index is 0.118. The molecule has 1 aliphatic rings. The minimum Gasteiger partial charge on any atom is -0.456 e. The van der Waals surface area contributed by atoms with Crippen LogP contribution in [-0.2, 0) is 33.3 Å². The zero-order chi connectivity index (χ0) is 22.2. The highest BCUT2D eigenvalue weighted by Crippen LogP contribution is 2.37. The number of carbonyl (C=O) groups excluding carboxylic acids is 3. The van der Waals surface area contributed by atoms with Crippen molar-refractivity contribution in [3.8, 4) is 0 Å². The first-order valence-electron chi connectivity index (χ1n) is 8.74. The summed E-state index contributed by atoms with van der Waals surface area (Å²) < 4.78 is 23.9. The number of fused-ring (bicyclic) bond motifs is 1. The Morgan fingerprint density at radius 2 is 1.60 bits per heavy atom. The highest BCUT2D eigenvalue weighted by molar-refractivity contribution is 9.10. The summed E-state index contributed by atoms with van der Waals surface area (Å²) in [4.78, 5) is 39.4. The van der Waals surface area contributed by atoms with Crippen LogP contribution < -0.4 is 0 Å². The van der Waals surface area contributed by atoms with Gasteiger partial charge in [0.15, 0.2) is 29.3 Å². The molecule has 4 atom stereocenters. The molecule has 0 aliphatic carbocycles. The van der Waals surface area contributed by atoms with Crippen LogP contribution in [-0.4, -0.2) is 52.4 Å². The summed E-state index contributed by atoms with van der Waals surface area (Å²) in [6, 6.07) is 3.17. The van der Waals surface area contributed by atoms with Gasteiger partial charge in [0.1, 0.15) is 0 Å². The molecule has 1 aliphatic heterocycles. The molecular weight excluding hydrogens is 507 g/mol. The lowest BCUT2D eigenvalue weighted by molar-refractivity contribution is -0.239. The van der Waals surface area contributed by atoms with E-state index in [0.29, 0.717) is 20.8 Å². The number of hydrogen-bond acceptors (Lipinski definition) is 8. The maximum atomic E-state index is 11.8. The number of ether oxygens (including phenoxy) is 4. The van der Waals surface area contributed by atoms with E-state index < -0.39 is 42.4 Å². The zero-order valence-corrected chi connectivity index (χ0v) is 19.2. The fourth-order valence-electron chi connectivity index (χ4n) is 3.25. The Balaban J connectivity index is 2.11. The smallest absolute Gasteiger partial charge is 0.303 e. The van der Waals surface area contributed by atoms with E-state index in [1.807, 2.05) is 0 Å². The van der Waals surface area contributed by atoms with E-state index in [2.05, 4.69) is 20.9 Å². The summed E-state index contributed by atoms with van der Waals surface area (Å²) in [7, 11) is 0. The van der Waals surface area contributed by atoms with Gasteiger partial charge < -0.3 is 18.9 Å². The van der Waals surface area contributed by atoms with Crippen LogP contribution in [0.1, 0.15) is 27.0 Å². The van der Waals surface area contributed by atoms with Crippen LogP contribution >= 0.6 is 39.1 Å². The van der Waals surface area contributed by atoms with Crippen LogP contribution in [0.15, 0.2) is 16.9 Å². The predicted molar refractivity (Wildman–Crippen MR) is 109 cm³/mol. The molecule has 1 aromatic carbocycles. The van der Waals surface area contributed by atoms with E-state index in [1.54, 1.807) is 16.7 Å². The molecule has 0 N–H and O–H groups in total. The molecule has 0 radical (unpaired) electrons. The molecule has 1 saturated heterocycles. The van der Waals surface area contributed by atoms with Crippen LogP contribution in [0.4, 0.5) is 0 Å². The highest BCUT2D eigenvalue weighted by atomic mass is 79.9. The Kier molecular flexibility index (Phi) is 6.91. The SMILES string of the molecule is CC(=O)O[C@@H]1[C@@H](OC(C)=O)[C@H](OC(C)=O)CO[C@H]1n1c(Br)nc2cc(Cl)c(Cl)cc21. The monoisotopic (exact) mass is 522 g/mol. The number of rotatable bonds is 4. The Morgan fingerprint density at radius 3 is 2.20 bits per heavy atom. The van der Waals surface area contributed by atoms with Crippen molar-refractivity contribution in [3.63, 3.8) is 0 Å². The van der Waals surface area contributed by atoms with Crippen molar-refractivity contribution >= 4 is 68.1 Å². The Morgan fingerprint density at radius 1 is 1.03 bits per heavy atom. The molecular formula is C18H17BrCl2N2O7. The summed E-state index contributed by atoms with van der Waals surface area (Å²) in [5.74, 6) is -1.88. The molecule has 3 rings (SSSR count). The number of nitrogens with zero attached hydrogens (tertiary/aromatic N) is 2. The topological polar surface area (TPSA) is 106 Å². The normalized spacial score (nSPS) is 23.8. The highest BCUT2D eigenvalue weighted by Gasteiger charge is 2.48. The Hall–Kier alpha value is -1.88. The quantitative estimate of drug-likeness (QED) is 0.443. The van der Waals surface area contributed by atoms with Crippen LogP contribution in [0, 0.1) is 0 Å². The van der Waals surface area contributed by atoms with Gasteiger partial charge in [-0.1, -0.05) is 23.2 Å². The third-order valence-electron chi connectivity index (χ3n) is 4.27. The van der Waals surface area contributed by atoms with Gasteiger partial charge in [-0.05, 0) is 28.1 Å². The van der Waals surface area contributed by atoms with Gasteiger partial charge in [0.2, 0.25) is 0 Å². The van der Waals surface area contributed by atoms with Gasteiger partial charge in [-0.2, -0.15) is 0 Å². The second-order valence-electron chi connectivity index (χ2n) is 6.53. The first-order valence-corrected chi connectivity index (χ1v) is 10.3. The molecule has 0 saturated carbocycles. The lowest BCUT2D eigenvalue weighted by Gasteiger charge is -2.41. The number of imidazole rings is 1. The van der Waals surface area contributed by atoms with E-state index in [9.17, 15) is 14.4 Å². The van der Waals surface area contributed by atoms with Crippen LogP contribution in [0.5, 0.6) is 0 Å². The van der Waals surface area contributed by atoms with Gasteiger partial charge in [-0.25, -0.2) is 4.98 Å². The molecule has 1 fully saturated rings. The van der Waals surface area contributed by atoms with Crippen molar-refractivity contribution < 1.29 is 33.3 Å². The molecule has 30 heavy (non-hydrogen) atoms. The summed E-state index contributed by atoms with van der Waals surface area (Å²) in [5, 5.41) is 0.599. The van der Waals surface area contributed by atoms with Gasteiger partial charge in [0.25, 0.3) is 0 Å². The van der Waals surface area contributed by atoms with E-state index in [1.165, 1.54) is 20.8 Å². The molecule has 2 aromatic rings. The average molecular weight is 524 g/mol.